The monoisotopic (exact) mass is 291 g/mol. The SMILES string of the molecule is CCOCCCN/C=C(/C#N)C(=O)Nc1ccc(F)cc1. The van der Waals surface area contributed by atoms with Gasteiger partial charge in [-0.1, -0.05) is 0 Å². The Morgan fingerprint density at radius 3 is 2.76 bits per heavy atom. The van der Waals surface area contributed by atoms with E-state index in [0.717, 1.165) is 6.42 Å². The fourth-order valence-electron chi connectivity index (χ4n) is 1.48. The largest absolute Gasteiger partial charge is 0.390 e. The van der Waals surface area contributed by atoms with Crippen LogP contribution in [0.4, 0.5) is 10.1 Å². The highest BCUT2D eigenvalue weighted by molar-refractivity contribution is 6.06. The molecule has 1 rings (SSSR count). The van der Waals surface area contributed by atoms with Gasteiger partial charge in [0.1, 0.15) is 17.5 Å². The Bertz CT molecular complexity index is 521. The first-order chi connectivity index (χ1) is 10.2. The van der Waals surface area contributed by atoms with E-state index in [4.69, 9.17) is 10.00 Å². The first-order valence-corrected chi connectivity index (χ1v) is 6.65. The molecule has 0 saturated carbocycles. The number of nitriles is 1. The van der Waals surface area contributed by atoms with E-state index in [1.165, 1.54) is 30.5 Å². The maximum Gasteiger partial charge on any atom is 0.267 e. The Labute approximate surface area is 123 Å². The van der Waals surface area contributed by atoms with E-state index in [1.807, 2.05) is 13.0 Å². The zero-order valence-corrected chi connectivity index (χ0v) is 11.9. The van der Waals surface area contributed by atoms with Gasteiger partial charge in [-0.2, -0.15) is 5.26 Å². The molecule has 0 aliphatic rings. The van der Waals surface area contributed by atoms with Crippen molar-refractivity contribution < 1.29 is 13.9 Å². The predicted molar refractivity (Wildman–Crippen MR) is 77.8 cm³/mol. The molecule has 5 nitrogen and oxygen atoms in total. The lowest BCUT2D eigenvalue weighted by Crippen LogP contribution is -2.17. The number of benzene rings is 1. The molecule has 0 bridgehead atoms. The molecule has 0 spiro atoms. The normalized spacial score (nSPS) is 10.8. The van der Waals surface area contributed by atoms with Gasteiger partial charge in [-0.25, -0.2) is 4.39 Å². The third-order valence-electron chi connectivity index (χ3n) is 2.53. The first-order valence-electron chi connectivity index (χ1n) is 6.65. The molecule has 1 aromatic carbocycles. The van der Waals surface area contributed by atoms with Crippen molar-refractivity contribution in [2.75, 3.05) is 25.1 Å². The Morgan fingerprint density at radius 2 is 2.14 bits per heavy atom. The van der Waals surface area contributed by atoms with Crippen LogP contribution in [0.1, 0.15) is 13.3 Å². The third kappa shape index (κ3) is 6.54. The van der Waals surface area contributed by atoms with E-state index in [9.17, 15) is 9.18 Å². The molecule has 0 fully saturated rings. The fraction of sp³-hybridized carbons (Fsp3) is 0.333. The van der Waals surface area contributed by atoms with Crippen molar-refractivity contribution in [3.05, 3.63) is 41.9 Å². The summed E-state index contributed by atoms with van der Waals surface area (Å²) in [5.74, 6) is -0.929. The minimum absolute atomic E-state index is 0.0456. The second kappa shape index (κ2) is 9.50. The number of halogens is 1. The van der Waals surface area contributed by atoms with Gasteiger partial charge in [0, 0.05) is 31.6 Å². The highest BCUT2D eigenvalue weighted by atomic mass is 19.1. The number of rotatable bonds is 8. The molecule has 112 valence electrons. The summed E-state index contributed by atoms with van der Waals surface area (Å²) in [5, 5.41) is 14.4. The maximum absolute atomic E-state index is 12.7. The van der Waals surface area contributed by atoms with Crippen molar-refractivity contribution in [2.45, 2.75) is 13.3 Å². The van der Waals surface area contributed by atoms with Crippen LogP contribution in [-0.2, 0) is 9.53 Å². The quantitative estimate of drug-likeness (QED) is 0.437. The summed E-state index contributed by atoms with van der Waals surface area (Å²) in [5.41, 5.74) is 0.384. The van der Waals surface area contributed by atoms with Crippen molar-refractivity contribution in [3.63, 3.8) is 0 Å². The average Bonchev–Trinajstić information content (AvgIpc) is 2.49. The minimum Gasteiger partial charge on any atom is -0.390 e. The van der Waals surface area contributed by atoms with Crippen molar-refractivity contribution in [1.82, 2.24) is 5.32 Å². The third-order valence-corrected chi connectivity index (χ3v) is 2.53. The summed E-state index contributed by atoms with van der Waals surface area (Å²) in [4.78, 5) is 11.8. The summed E-state index contributed by atoms with van der Waals surface area (Å²) >= 11 is 0. The number of hydrogen-bond acceptors (Lipinski definition) is 4. The maximum atomic E-state index is 12.7. The molecule has 6 heteroatoms. The molecule has 0 unspecified atom stereocenters. The molecule has 21 heavy (non-hydrogen) atoms. The van der Waals surface area contributed by atoms with Gasteiger partial charge < -0.3 is 15.4 Å². The van der Waals surface area contributed by atoms with E-state index in [0.29, 0.717) is 25.4 Å². The Balaban J connectivity index is 2.45. The zero-order valence-electron chi connectivity index (χ0n) is 11.9. The second-order valence-corrected chi connectivity index (χ2v) is 4.14. The van der Waals surface area contributed by atoms with Gasteiger partial charge in [0.25, 0.3) is 5.91 Å². The molecular weight excluding hydrogens is 273 g/mol. The number of amides is 1. The Hall–Kier alpha value is -2.39. The highest BCUT2D eigenvalue weighted by Crippen LogP contribution is 2.09. The molecular formula is C15H18FN3O2. The van der Waals surface area contributed by atoms with Crippen molar-refractivity contribution in [1.29, 1.82) is 5.26 Å². The topological polar surface area (TPSA) is 74.1 Å². The van der Waals surface area contributed by atoms with Gasteiger partial charge in [-0.15, -0.1) is 0 Å². The smallest absolute Gasteiger partial charge is 0.267 e. The van der Waals surface area contributed by atoms with Crippen LogP contribution < -0.4 is 10.6 Å². The van der Waals surface area contributed by atoms with Crippen LogP contribution in [0.5, 0.6) is 0 Å². The van der Waals surface area contributed by atoms with E-state index in [1.54, 1.807) is 0 Å². The van der Waals surface area contributed by atoms with Gasteiger partial charge >= 0.3 is 0 Å². The molecule has 0 atom stereocenters. The minimum atomic E-state index is -0.540. The molecule has 1 aromatic rings. The molecule has 0 aliphatic heterocycles. The molecule has 0 aliphatic carbocycles. The van der Waals surface area contributed by atoms with Crippen molar-refractivity contribution >= 4 is 11.6 Å². The summed E-state index contributed by atoms with van der Waals surface area (Å²) in [7, 11) is 0. The first kappa shape index (κ1) is 16.7. The van der Waals surface area contributed by atoms with Gasteiger partial charge in [0.2, 0.25) is 0 Å². The number of ether oxygens (including phenoxy) is 1. The lowest BCUT2D eigenvalue weighted by molar-refractivity contribution is -0.112. The molecule has 0 aromatic heterocycles. The number of nitrogens with one attached hydrogen (secondary N) is 2. The molecule has 1 amide bonds. The van der Waals surface area contributed by atoms with Gasteiger partial charge in [-0.05, 0) is 37.6 Å². The summed E-state index contributed by atoms with van der Waals surface area (Å²) < 4.78 is 17.9. The number of nitrogens with zero attached hydrogens (tertiary/aromatic N) is 1. The molecule has 0 saturated heterocycles. The Morgan fingerprint density at radius 1 is 1.43 bits per heavy atom. The zero-order chi connectivity index (χ0) is 15.5. The number of anilines is 1. The summed E-state index contributed by atoms with van der Waals surface area (Å²) in [6, 6.07) is 7.14. The fourth-order valence-corrected chi connectivity index (χ4v) is 1.48. The lowest BCUT2D eigenvalue weighted by atomic mass is 10.2. The van der Waals surface area contributed by atoms with Crippen molar-refractivity contribution in [2.24, 2.45) is 0 Å². The second-order valence-electron chi connectivity index (χ2n) is 4.14. The molecule has 2 N–H and O–H groups in total. The van der Waals surface area contributed by atoms with Crippen LogP contribution in [-0.4, -0.2) is 25.7 Å². The van der Waals surface area contributed by atoms with E-state index >= 15 is 0 Å². The van der Waals surface area contributed by atoms with Gasteiger partial charge in [0.05, 0.1) is 0 Å². The average molecular weight is 291 g/mol. The Kier molecular flexibility index (Phi) is 7.54. The molecule has 0 radical (unpaired) electrons. The van der Waals surface area contributed by atoms with Crippen molar-refractivity contribution in [3.8, 4) is 6.07 Å². The van der Waals surface area contributed by atoms with Crippen LogP contribution in [0.2, 0.25) is 0 Å². The molecule has 0 heterocycles. The van der Waals surface area contributed by atoms with Crippen LogP contribution in [0.15, 0.2) is 36.0 Å². The number of carbonyl (C=O) groups excluding carboxylic acids is 1. The van der Waals surface area contributed by atoms with E-state index in [2.05, 4.69) is 10.6 Å². The summed E-state index contributed by atoms with van der Waals surface area (Å²) in [6.45, 7) is 3.82. The summed E-state index contributed by atoms with van der Waals surface area (Å²) in [6.07, 6.45) is 2.15. The number of carbonyl (C=O) groups is 1. The number of hydrogen-bond donors (Lipinski definition) is 2. The van der Waals surface area contributed by atoms with E-state index in [-0.39, 0.29) is 11.4 Å². The van der Waals surface area contributed by atoms with Crippen LogP contribution >= 0.6 is 0 Å². The van der Waals surface area contributed by atoms with E-state index < -0.39 is 5.91 Å². The van der Waals surface area contributed by atoms with Crippen LogP contribution in [0.3, 0.4) is 0 Å². The standard InChI is InChI=1S/C15H18FN3O2/c1-2-21-9-3-8-18-11-12(10-17)15(20)19-14-6-4-13(16)5-7-14/h4-7,11,18H,2-3,8-9H2,1H3,(H,19,20)/b12-11-. The van der Waals surface area contributed by atoms with Gasteiger partial charge in [-0.3, -0.25) is 4.79 Å². The predicted octanol–water partition coefficient (Wildman–Crippen LogP) is 2.19. The highest BCUT2D eigenvalue weighted by Gasteiger charge is 2.08. The van der Waals surface area contributed by atoms with Crippen LogP contribution in [0.25, 0.3) is 0 Å². The van der Waals surface area contributed by atoms with Crippen LogP contribution in [0, 0.1) is 17.1 Å². The lowest BCUT2D eigenvalue weighted by Gasteiger charge is -2.05. The van der Waals surface area contributed by atoms with Gasteiger partial charge in [0.15, 0.2) is 0 Å².